The molecule has 64 heavy (non-hydrogen) atoms. The molecule has 0 amide bonds. The van der Waals surface area contributed by atoms with Crippen molar-refractivity contribution in [2.24, 2.45) is 0 Å². The Labute approximate surface area is 388 Å². The second-order valence-corrected chi connectivity index (χ2v) is 43.3. The van der Waals surface area contributed by atoms with Gasteiger partial charge in [-0.2, -0.15) is 0 Å². The zero-order chi connectivity index (χ0) is 46.8. The predicted octanol–water partition coefficient (Wildman–Crippen LogP) is 12.9. The lowest BCUT2D eigenvalue weighted by molar-refractivity contribution is 0.163. The second-order valence-electron chi connectivity index (χ2n) is 21.5. The monoisotopic (exact) mass is 950 g/mol. The summed E-state index contributed by atoms with van der Waals surface area (Å²) in [5, 5.41) is 3.44. The second kappa shape index (κ2) is 17.1. The van der Waals surface area contributed by atoms with E-state index in [1.54, 1.807) is 28.4 Å². The van der Waals surface area contributed by atoms with Crippen molar-refractivity contribution in [3.63, 3.8) is 0 Å². The maximum absolute atomic E-state index is 7.61. The highest BCUT2D eigenvalue weighted by atomic mass is 28.5. The lowest BCUT2D eigenvalue weighted by Gasteiger charge is -2.43. The van der Waals surface area contributed by atoms with E-state index in [0.717, 1.165) is 56.8 Å². The number of methoxy groups -OCH3 is 4. The topological polar surface area (TPSA) is 73.8 Å². The highest BCUT2D eigenvalue weighted by Gasteiger charge is 2.51. The van der Waals surface area contributed by atoms with E-state index in [2.05, 4.69) is 153 Å². The van der Waals surface area contributed by atoms with E-state index >= 15 is 0 Å². The van der Waals surface area contributed by atoms with Crippen LogP contribution in [0, 0.1) is 0 Å². The van der Waals surface area contributed by atoms with Gasteiger partial charge in [-0.15, -0.1) is 0 Å². The summed E-state index contributed by atoms with van der Waals surface area (Å²) in [5.74, 6) is 3.67. The van der Waals surface area contributed by atoms with Crippen LogP contribution in [0.1, 0.15) is 41.7 Å². The van der Waals surface area contributed by atoms with E-state index in [1.807, 2.05) is 24.3 Å². The van der Waals surface area contributed by atoms with Gasteiger partial charge in [0.25, 0.3) is 0 Å². The maximum Gasteiger partial charge on any atom is 0.469 e. The van der Waals surface area contributed by atoms with Crippen LogP contribution in [0.15, 0.2) is 84.9 Å². The highest BCUT2D eigenvalue weighted by molar-refractivity contribution is 6.93. The highest BCUT2D eigenvalue weighted by Crippen LogP contribution is 2.59. The molecule has 0 radical (unpaired) electrons. The van der Waals surface area contributed by atoms with Gasteiger partial charge < -0.3 is 36.0 Å². The summed E-state index contributed by atoms with van der Waals surface area (Å²) in [7, 11) is -4.38. The molecule has 8 nitrogen and oxygen atoms in total. The van der Waals surface area contributed by atoms with Gasteiger partial charge in [0.05, 0.1) is 36.5 Å². The average Bonchev–Trinajstić information content (AvgIpc) is 3.46. The Morgan fingerprint density at radius 2 is 1.03 bits per heavy atom. The summed E-state index contributed by atoms with van der Waals surface area (Å²) in [6.07, 6.45) is 4.51. The number of benzene rings is 5. The number of hydrogen-bond acceptors (Lipinski definition) is 8. The van der Waals surface area contributed by atoms with Gasteiger partial charge in [0.2, 0.25) is 0 Å². The Morgan fingerprint density at radius 1 is 0.547 bits per heavy atom. The average molecular weight is 952 g/mol. The minimum Gasteiger partial charge on any atom is -0.497 e. The van der Waals surface area contributed by atoms with Crippen molar-refractivity contribution in [2.75, 3.05) is 28.4 Å². The molecule has 7 rings (SSSR count). The van der Waals surface area contributed by atoms with Gasteiger partial charge in [0.1, 0.15) is 17.2 Å². The van der Waals surface area contributed by atoms with Crippen molar-refractivity contribution in [3.8, 4) is 39.9 Å². The molecule has 0 saturated carbocycles. The van der Waals surface area contributed by atoms with Crippen LogP contribution >= 0.6 is 0 Å². The number of hydrogen-bond donors (Lipinski definition) is 0. The van der Waals surface area contributed by atoms with Crippen LogP contribution in [0.3, 0.4) is 0 Å². The zero-order valence-corrected chi connectivity index (χ0v) is 46.3. The Kier molecular flexibility index (Phi) is 12.8. The first-order chi connectivity index (χ1) is 29.8. The van der Waals surface area contributed by atoms with Gasteiger partial charge in [-0.05, 0) is 135 Å². The maximum atomic E-state index is 7.61. The lowest BCUT2D eigenvalue weighted by atomic mass is 9.76. The number of rotatable bonds is 16. The number of fused-ring (bicyclic) bond motifs is 8. The molecule has 0 spiro atoms. The largest absolute Gasteiger partial charge is 0.497 e. The molecule has 13 heteroatoms. The third-order valence-corrected chi connectivity index (χ3v) is 28.2. The summed E-state index contributed by atoms with van der Waals surface area (Å²) in [4.78, 5) is 0. The molecule has 0 unspecified atom stereocenters. The quantitative estimate of drug-likeness (QED) is 0.0906. The van der Waals surface area contributed by atoms with E-state index in [0.29, 0.717) is 11.5 Å². The van der Waals surface area contributed by atoms with Crippen LogP contribution in [0.25, 0.3) is 28.0 Å². The fraction of sp³-hybridized carbons (Fsp3) is 0.412. The van der Waals surface area contributed by atoms with E-state index in [9.17, 15) is 0 Å². The molecule has 1 heterocycles. The molecule has 2 aliphatic rings. The first kappa shape index (κ1) is 48.0. The first-order valence-corrected chi connectivity index (χ1v) is 37.8. The van der Waals surface area contributed by atoms with Crippen LogP contribution in [-0.4, -0.2) is 70.3 Å². The molecular weight excluding hydrogens is 881 g/mol. The minimum absolute atomic E-state index is 0.369. The van der Waals surface area contributed by atoms with E-state index < -0.39 is 47.4 Å². The van der Waals surface area contributed by atoms with Crippen LogP contribution < -0.4 is 28.9 Å². The number of ether oxygens (including phenoxy) is 5. The van der Waals surface area contributed by atoms with E-state index in [1.165, 1.54) is 27.4 Å². The van der Waals surface area contributed by atoms with Crippen molar-refractivity contribution in [1.82, 2.24) is 0 Å². The van der Waals surface area contributed by atoms with E-state index in [4.69, 9.17) is 36.0 Å². The standard InChI is InChI=1S/C51H70O8Si5/c1-50(2)44-32-39(63(16,17)30-31-64(57-60(7,8)9,58-61(10,11)12)59-62(13,14)15)26-27-40(44)47-42-33-45(54-5)46(55-6)34-43(42)49-41(48(47)50)28-29-51(56-49,35-18-22-37(52-3)23-19-35)36-20-24-38(53-4)25-21-36/h18-29,32-34H,30-31H2,1-17H3. The first-order valence-electron chi connectivity index (χ1n) is 22.5. The van der Waals surface area contributed by atoms with Crippen molar-refractivity contribution in [3.05, 3.63) is 113 Å². The fourth-order valence-electron chi connectivity index (χ4n) is 9.61. The van der Waals surface area contributed by atoms with Crippen LogP contribution in [0.2, 0.25) is 84.1 Å². The Balaban J connectivity index is 1.39. The molecule has 342 valence electrons. The van der Waals surface area contributed by atoms with Crippen LogP contribution in [0.4, 0.5) is 0 Å². The van der Waals surface area contributed by atoms with Crippen LogP contribution in [-0.2, 0) is 23.4 Å². The van der Waals surface area contributed by atoms with Gasteiger partial charge in [-0.3, -0.25) is 0 Å². The molecule has 0 aromatic heterocycles. The third-order valence-electron chi connectivity index (χ3n) is 12.4. The van der Waals surface area contributed by atoms with Crippen molar-refractivity contribution in [1.29, 1.82) is 0 Å². The van der Waals surface area contributed by atoms with Crippen molar-refractivity contribution < 1.29 is 36.0 Å². The third kappa shape index (κ3) is 9.24. The van der Waals surface area contributed by atoms with Gasteiger partial charge in [0, 0.05) is 33.5 Å². The van der Waals surface area contributed by atoms with Gasteiger partial charge in [0.15, 0.2) is 42.1 Å². The smallest absolute Gasteiger partial charge is 0.469 e. The molecule has 1 aliphatic carbocycles. The van der Waals surface area contributed by atoms with Gasteiger partial charge in [-0.25, -0.2) is 0 Å². The molecule has 0 saturated heterocycles. The molecule has 0 N–H and O–H groups in total. The summed E-state index contributed by atoms with van der Waals surface area (Å²) < 4.78 is 52.2. The zero-order valence-electron chi connectivity index (χ0n) is 41.3. The predicted molar refractivity (Wildman–Crippen MR) is 277 cm³/mol. The minimum atomic E-state index is -3.02. The molecule has 5 aromatic carbocycles. The molecule has 0 fully saturated rings. The Morgan fingerprint density at radius 3 is 1.48 bits per heavy atom. The SMILES string of the molecule is COc1ccc(C2(c3ccc(OC)cc3)C=Cc3c4c(c5cc(OC)c(OC)cc5c3O2)-c2ccc([Si](C)(C)CC[Si](O[Si](C)(C)C)(O[Si](C)(C)C)O[Si](C)(C)C)cc2C4(C)C)cc1. The molecule has 1 aliphatic heterocycles. The summed E-state index contributed by atoms with van der Waals surface area (Å²) in [6, 6.07) is 29.7. The van der Waals surface area contributed by atoms with Gasteiger partial charge in [-0.1, -0.05) is 80.7 Å². The Hall–Kier alpha value is -3.94. The lowest BCUT2D eigenvalue weighted by Crippen LogP contribution is -2.61. The molecule has 5 aromatic rings. The van der Waals surface area contributed by atoms with Crippen molar-refractivity contribution >= 4 is 63.9 Å². The summed E-state index contributed by atoms with van der Waals surface area (Å²) in [6.45, 7) is 30.2. The summed E-state index contributed by atoms with van der Waals surface area (Å²) >= 11 is 0. The molecule has 0 atom stereocenters. The van der Waals surface area contributed by atoms with Crippen molar-refractivity contribution in [2.45, 2.75) is 109 Å². The van der Waals surface area contributed by atoms with Crippen LogP contribution in [0.5, 0.6) is 28.7 Å². The fourth-order valence-corrected chi connectivity index (χ4v) is 28.7. The van der Waals surface area contributed by atoms with E-state index in [-0.39, 0.29) is 5.41 Å². The molecular formula is C51H70O8Si5. The van der Waals surface area contributed by atoms with Gasteiger partial charge >= 0.3 is 8.80 Å². The Bertz CT molecular complexity index is 2480. The molecule has 0 bridgehead atoms. The normalized spacial score (nSPS) is 15.6. The summed E-state index contributed by atoms with van der Waals surface area (Å²) in [5.41, 5.74) is 6.68.